The minimum absolute atomic E-state index is 0.175. The van der Waals surface area contributed by atoms with Crippen molar-refractivity contribution in [2.45, 2.75) is 38.3 Å². The van der Waals surface area contributed by atoms with Gasteiger partial charge < -0.3 is 10.5 Å². The van der Waals surface area contributed by atoms with Crippen LogP contribution in [-0.2, 0) is 4.74 Å². The standard InChI is InChI=1S/C16H22N2O/c1-4-16(5-2,19-3)15(17)14-11-18-10-12-8-6-7-9-13(12)14/h6-11,15H,4-5,17H2,1-3H3. The summed E-state index contributed by atoms with van der Waals surface area (Å²) in [5, 5.41) is 2.28. The zero-order valence-electron chi connectivity index (χ0n) is 11.9. The van der Waals surface area contributed by atoms with Crippen molar-refractivity contribution >= 4 is 10.8 Å². The van der Waals surface area contributed by atoms with Crippen LogP contribution in [0.1, 0.15) is 38.3 Å². The Morgan fingerprint density at radius 1 is 1.21 bits per heavy atom. The second-order valence-electron chi connectivity index (χ2n) is 4.90. The number of hydrogen-bond donors (Lipinski definition) is 1. The van der Waals surface area contributed by atoms with Gasteiger partial charge in [-0.1, -0.05) is 38.1 Å². The third kappa shape index (κ3) is 2.36. The second-order valence-corrected chi connectivity index (χ2v) is 4.90. The Morgan fingerprint density at radius 3 is 2.53 bits per heavy atom. The number of ether oxygens (including phenoxy) is 1. The summed E-state index contributed by atoms with van der Waals surface area (Å²) in [7, 11) is 1.74. The number of fused-ring (bicyclic) bond motifs is 1. The van der Waals surface area contributed by atoms with Gasteiger partial charge in [0.15, 0.2) is 0 Å². The average Bonchev–Trinajstić information content (AvgIpc) is 2.49. The summed E-state index contributed by atoms with van der Waals surface area (Å²) in [6.45, 7) is 4.23. The maximum atomic E-state index is 6.51. The van der Waals surface area contributed by atoms with E-state index in [4.69, 9.17) is 10.5 Å². The van der Waals surface area contributed by atoms with Crippen LogP contribution in [0.25, 0.3) is 10.8 Å². The fraction of sp³-hybridized carbons (Fsp3) is 0.438. The molecule has 0 aliphatic carbocycles. The summed E-state index contributed by atoms with van der Waals surface area (Å²) in [5.74, 6) is 0. The lowest BCUT2D eigenvalue weighted by Gasteiger charge is -2.36. The number of methoxy groups -OCH3 is 1. The first-order chi connectivity index (χ1) is 9.18. The first-order valence-corrected chi connectivity index (χ1v) is 6.82. The lowest BCUT2D eigenvalue weighted by atomic mass is 9.83. The van der Waals surface area contributed by atoms with E-state index in [1.807, 2.05) is 24.5 Å². The van der Waals surface area contributed by atoms with Crippen molar-refractivity contribution in [1.82, 2.24) is 4.98 Å². The van der Waals surface area contributed by atoms with Gasteiger partial charge in [0.25, 0.3) is 0 Å². The van der Waals surface area contributed by atoms with Crippen molar-refractivity contribution in [1.29, 1.82) is 0 Å². The minimum atomic E-state index is -0.328. The third-order valence-corrected chi connectivity index (χ3v) is 4.20. The van der Waals surface area contributed by atoms with Crippen LogP contribution in [0.15, 0.2) is 36.7 Å². The van der Waals surface area contributed by atoms with Crippen molar-refractivity contribution in [3.8, 4) is 0 Å². The van der Waals surface area contributed by atoms with Gasteiger partial charge in [-0.3, -0.25) is 4.98 Å². The molecule has 0 spiro atoms. The fourth-order valence-corrected chi connectivity index (χ4v) is 2.78. The summed E-state index contributed by atoms with van der Waals surface area (Å²) >= 11 is 0. The van der Waals surface area contributed by atoms with Gasteiger partial charge >= 0.3 is 0 Å². The molecule has 0 aliphatic rings. The smallest absolute Gasteiger partial charge is 0.0865 e. The van der Waals surface area contributed by atoms with Crippen LogP contribution in [0, 0.1) is 0 Å². The van der Waals surface area contributed by atoms with Crippen molar-refractivity contribution in [2.75, 3.05) is 7.11 Å². The Kier molecular flexibility index (Phi) is 4.17. The van der Waals surface area contributed by atoms with Gasteiger partial charge in [0, 0.05) is 24.9 Å². The molecule has 1 unspecified atom stereocenters. The topological polar surface area (TPSA) is 48.1 Å². The molecule has 1 heterocycles. The van der Waals surface area contributed by atoms with E-state index in [-0.39, 0.29) is 11.6 Å². The number of hydrogen-bond acceptors (Lipinski definition) is 3. The van der Waals surface area contributed by atoms with Crippen molar-refractivity contribution in [3.63, 3.8) is 0 Å². The van der Waals surface area contributed by atoms with Crippen LogP contribution in [0.5, 0.6) is 0 Å². The SMILES string of the molecule is CCC(CC)(OC)C(N)c1cncc2ccccc12. The van der Waals surface area contributed by atoms with E-state index in [1.165, 1.54) is 0 Å². The van der Waals surface area contributed by atoms with E-state index in [1.54, 1.807) is 7.11 Å². The molecule has 1 atom stereocenters. The lowest BCUT2D eigenvalue weighted by molar-refractivity contribution is -0.0383. The first-order valence-electron chi connectivity index (χ1n) is 6.82. The van der Waals surface area contributed by atoms with Crippen molar-refractivity contribution in [3.05, 3.63) is 42.2 Å². The molecule has 0 saturated carbocycles. The minimum Gasteiger partial charge on any atom is -0.376 e. The largest absolute Gasteiger partial charge is 0.376 e. The van der Waals surface area contributed by atoms with Crippen LogP contribution >= 0.6 is 0 Å². The molecule has 2 aromatic rings. The van der Waals surface area contributed by atoms with E-state index in [0.29, 0.717) is 0 Å². The molecule has 0 bridgehead atoms. The Hall–Kier alpha value is -1.45. The normalized spacial score (nSPS) is 13.7. The van der Waals surface area contributed by atoms with Gasteiger partial charge in [-0.2, -0.15) is 0 Å². The monoisotopic (exact) mass is 258 g/mol. The van der Waals surface area contributed by atoms with Gasteiger partial charge in [0.05, 0.1) is 11.6 Å². The Morgan fingerprint density at radius 2 is 1.89 bits per heavy atom. The van der Waals surface area contributed by atoms with Crippen molar-refractivity contribution in [2.24, 2.45) is 5.73 Å². The van der Waals surface area contributed by atoms with Crippen LogP contribution in [0.2, 0.25) is 0 Å². The molecule has 1 aromatic heterocycles. The van der Waals surface area contributed by atoms with E-state index in [2.05, 4.69) is 31.0 Å². The first kappa shape index (κ1) is 14.0. The van der Waals surface area contributed by atoms with Crippen molar-refractivity contribution < 1.29 is 4.74 Å². The van der Waals surface area contributed by atoms with Crippen LogP contribution in [0.4, 0.5) is 0 Å². The average molecular weight is 258 g/mol. The number of pyridine rings is 1. The molecule has 2 N–H and O–H groups in total. The Balaban J connectivity index is 2.55. The predicted molar refractivity (Wildman–Crippen MR) is 79.0 cm³/mol. The van der Waals surface area contributed by atoms with Gasteiger partial charge in [-0.15, -0.1) is 0 Å². The van der Waals surface area contributed by atoms with E-state index < -0.39 is 0 Å². The van der Waals surface area contributed by atoms with Crippen LogP contribution in [-0.4, -0.2) is 17.7 Å². The van der Waals surface area contributed by atoms with Crippen LogP contribution in [0.3, 0.4) is 0 Å². The summed E-state index contributed by atoms with van der Waals surface area (Å²) in [5.41, 5.74) is 7.24. The maximum Gasteiger partial charge on any atom is 0.0865 e. The molecule has 0 radical (unpaired) electrons. The molecule has 19 heavy (non-hydrogen) atoms. The molecular formula is C16H22N2O. The highest BCUT2D eigenvalue weighted by atomic mass is 16.5. The summed E-state index contributed by atoms with van der Waals surface area (Å²) in [6.07, 6.45) is 5.50. The quantitative estimate of drug-likeness (QED) is 0.893. The number of nitrogens with two attached hydrogens (primary N) is 1. The Bertz CT molecular complexity index is 536. The van der Waals surface area contributed by atoms with E-state index in [9.17, 15) is 0 Å². The molecule has 3 heteroatoms. The molecule has 102 valence electrons. The zero-order valence-corrected chi connectivity index (χ0v) is 11.9. The number of rotatable bonds is 5. The number of aromatic nitrogens is 1. The van der Waals surface area contributed by atoms with Gasteiger partial charge in [-0.25, -0.2) is 0 Å². The van der Waals surface area contributed by atoms with Gasteiger partial charge in [0.1, 0.15) is 0 Å². The molecule has 0 fully saturated rings. The van der Waals surface area contributed by atoms with E-state index >= 15 is 0 Å². The lowest BCUT2D eigenvalue weighted by Crippen LogP contribution is -2.42. The molecule has 3 nitrogen and oxygen atoms in total. The maximum absolute atomic E-state index is 6.51. The highest BCUT2D eigenvalue weighted by Crippen LogP contribution is 2.35. The number of nitrogens with zero attached hydrogens (tertiary/aromatic N) is 1. The molecule has 1 aromatic carbocycles. The Labute approximate surface area is 114 Å². The highest BCUT2D eigenvalue weighted by Gasteiger charge is 2.35. The predicted octanol–water partition coefficient (Wildman–Crippen LogP) is 3.44. The molecule has 2 rings (SSSR count). The molecule has 0 saturated heterocycles. The molecule has 0 amide bonds. The summed E-state index contributed by atoms with van der Waals surface area (Å²) in [6, 6.07) is 8.03. The molecular weight excluding hydrogens is 236 g/mol. The van der Waals surface area contributed by atoms with E-state index in [0.717, 1.165) is 29.2 Å². The summed E-state index contributed by atoms with van der Waals surface area (Å²) < 4.78 is 5.75. The number of benzene rings is 1. The fourth-order valence-electron chi connectivity index (χ4n) is 2.78. The third-order valence-electron chi connectivity index (χ3n) is 4.20. The summed E-state index contributed by atoms with van der Waals surface area (Å²) in [4.78, 5) is 4.31. The second kappa shape index (κ2) is 5.68. The zero-order chi connectivity index (χ0) is 13.9. The van der Waals surface area contributed by atoms with Gasteiger partial charge in [0.2, 0.25) is 0 Å². The van der Waals surface area contributed by atoms with Gasteiger partial charge in [-0.05, 0) is 23.8 Å². The van der Waals surface area contributed by atoms with Crippen LogP contribution < -0.4 is 5.73 Å². The highest BCUT2D eigenvalue weighted by molar-refractivity contribution is 5.85. The molecule has 0 aliphatic heterocycles.